The Morgan fingerprint density at radius 2 is 2.33 bits per heavy atom. The molecule has 1 saturated heterocycles. The van der Waals surface area contributed by atoms with Crippen molar-refractivity contribution in [3.63, 3.8) is 0 Å². The molecule has 0 aliphatic carbocycles. The lowest BCUT2D eigenvalue weighted by molar-refractivity contribution is 0.149. The Kier molecular flexibility index (Phi) is 3.09. The molecule has 0 aromatic rings. The van der Waals surface area contributed by atoms with Crippen molar-refractivity contribution in [1.82, 2.24) is 4.31 Å². The van der Waals surface area contributed by atoms with Gasteiger partial charge in [-0.3, -0.25) is 0 Å². The average molecular weight is 192 g/mol. The number of nitrogens with zero attached hydrogens (tertiary/aromatic N) is 1. The van der Waals surface area contributed by atoms with E-state index in [2.05, 4.69) is 6.26 Å². The van der Waals surface area contributed by atoms with Gasteiger partial charge in [0.1, 0.15) is 0 Å². The largest absolute Gasteiger partial charge is 0.383 e. The number of hydrogen-bond donors (Lipinski definition) is 0. The van der Waals surface area contributed by atoms with Gasteiger partial charge in [0.2, 0.25) is 10.0 Å². The molecule has 0 aromatic carbocycles. The summed E-state index contributed by atoms with van der Waals surface area (Å²) < 4.78 is 28.5. The van der Waals surface area contributed by atoms with Gasteiger partial charge in [-0.15, -0.1) is 0 Å². The van der Waals surface area contributed by atoms with E-state index in [4.69, 9.17) is 4.74 Å². The monoisotopic (exact) mass is 192 g/mol. The van der Waals surface area contributed by atoms with Gasteiger partial charge in [0.25, 0.3) is 0 Å². The van der Waals surface area contributed by atoms with Crippen LogP contribution in [0.15, 0.2) is 0 Å². The van der Waals surface area contributed by atoms with Gasteiger partial charge >= 0.3 is 0 Å². The molecular weight excluding hydrogens is 178 g/mol. The van der Waals surface area contributed by atoms with Crippen molar-refractivity contribution in [2.45, 2.75) is 18.9 Å². The third-order valence-corrected chi connectivity index (χ3v) is 3.23. The van der Waals surface area contributed by atoms with Crippen LogP contribution in [-0.2, 0) is 14.8 Å². The number of rotatable bonds is 3. The number of hydrogen-bond acceptors (Lipinski definition) is 3. The third-order valence-electron chi connectivity index (χ3n) is 2.04. The number of sulfonamides is 1. The predicted octanol–water partition coefficient (Wildman–Crippen LogP) is 0.219. The Morgan fingerprint density at radius 1 is 1.67 bits per heavy atom. The van der Waals surface area contributed by atoms with E-state index in [1.54, 1.807) is 7.11 Å². The molecule has 12 heavy (non-hydrogen) atoms. The fourth-order valence-electron chi connectivity index (χ4n) is 1.53. The smallest absolute Gasteiger partial charge is 0.215 e. The van der Waals surface area contributed by atoms with Crippen LogP contribution in [0.4, 0.5) is 0 Å². The molecule has 1 heterocycles. The molecule has 1 atom stereocenters. The second kappa shape index (κ2) is 3.72. The maximum Gasteiger partial charge on any atom is 0.215 e. The normalized spacial score (nSPS) is 26.3. The minimum atomic E-state index is -3.27. The lowest BCUT2D eigenvalue weighted by Crippen LogP contribution is -2.36. The van der Waals surface area contributed by atoms with E-state index < -0.39 is 10.0 Å². The summed E-state index contributed by atoms with van der Waals surface area (Å²) in [5.74, 6) is 0. The molecule has 4 nitrogen and oxygen atoms in total. The maximum atomic E-state index is 11.1. The molecule has 0 spiro atoms. The van der Waals surface area contributed by atoms with E-state index >= 15 is 0 Å². The van der Waals surface area contributed by atoms with E-state index in [1.165, 1.54) is 4.31 Å². The standard InChI is InChI=1S/C7H14NO3S/c1-11-6-7-4-3-5-8(7)12(2,9)10/h7H,2-6H2,1H3/t7-/m0/s1. The first-order chi connectivity index (χ1) is 5.55. The zero-order valence-electron chi connectivity index (χ0n) is 7.19. The molecule has 0 saturated carbocycles. The second-order valence-electron chi connectivity index (χ2n) is 2.97. The van der Waals surface area contributed by atoms with Gasteiger partial charge in [-0.2, -0.15) is 4.31 Å². The Morgan fingerprint density at radius 3 is 2.83 bits per heavy atom. The van der Waals surface area contributed by atoms with Crippen molar-refractivity contribution in [2.24, 2.45) is 0 Å². The lowest BCUT2D eigenvalue weighted by Gasteiger charge is -2.20. The van der Waals surface area contributed by atoms with Crippen molar-refractivity contribution < 1.29 is 13.2 Å². The maximum absolute atomic E-state index is 11.1. The average Bonchev–Trinajstić information content (AvgIpc) is 2.34. The number of methoxy groups -OCH3 is 1. The second-order valence-corrected chi connectivity index (χ2v) is 4.61. The quantitative estimate of drug-likeness (QED) is 0.642. The Hall–Kier alpha value is -0.130. The van der Waals surface area contributed by atoms with E-state index in [0.29, 0.717) is 13.2 Å². The van der Waals surface area contributed by atoms with Crippen molar-refractivity contribution in [3.8, 4) is 0 Å². The van der Waals surface area contributed by atoms with E-state index in [-0.39, 0.29) is 6.04 Å². The molecule has 0 amide bonds. The highest BCUT2D eigenvalue weighted by atomic mass is 32.2. The van der Waals surface area contributed by atoms with E-state index in [0.717, 1.165) is 12.8 Å². The molecule has 0 unspecified atom stereocenters. The summed E-state index contributed by atoms with van der Waals surface area (Å²) in [4.78, 5) is 0. The zero-order chi connectivity index (χ0) is 9.19. The van der Waals surface area contributed by atoms with Gasteiger partial charge in [-0.05, 0) is 12.8 Å². The Labute approximate surface area is 73.6 Å². The fraction of sp³-hybridized carbons (Fsp3) is 0.857. The van der Waals surface area contributed by atoms with E-state index in [9.17, 15) is 8.42 Å². The number of ether oxygens (including phenoxy) is 1. The van der Waals surface area contributed by atoms with Gasteiger partial charge in [0.05, 0.1) is 12.9 Å². The highest BCUT2D eigenvalue weighted by Crippen LogP contribution is 2.20. The summed E-state index contributed by atoms with van der Waals surface area (Å²) in [5, 5.41) is 0. The molecule has 1 aliphatic heterocycles. The van der Waals surface area contributed by atoms with Gasteiger partial charge in [0, 0.05) is 19.7 Å². The first-order valence-electron chi connectivity index (χ1n) is 3.89. The molecule has 0 aromatic heterocycles. The van der Waals surface area contributed by atoms with Crippen LogP contribution >= 0.6 is 0 Å². The molecule has 71 valence electrons. The fourth-order valence-corrected chi connectivity index (χ4v) is 2.56. The lowest BCUT2D eigenvalue weighted by atomic mass is 10.2. The van der Waals surface area contributed by atoms with Gasteiger partial charge < -0.3 is 4.74 Å². The molecule has 0 bridgehead atoms. The van der Waals surface area contributed by atoms with Gasteiger partial charge in [-0.25, -0.2) is 8.42 Å². The minimum Gasteiger partial charge on any atom is -0.383 e. The summed E-state index contributed by atoms with van der Waals surface area (Å²) >= 11 is 0. The molecule has 1 rings (SSSR count). The van der Waals surface area contributed by atoms with Gasteiger partial charge in [-0.1, -0.05) is 0 Å². The first kappa shape index (κ1) is 9.95. The molecular formula is C7H14NO3S. The van der Waals surface area contributed by atoms with Crippen LogP contribution in [0.2, 0.25) is 0 Å². The highest BCUT2D eigenvalue weighted by molar-refractivity contribution is 7.90. The van der Waals surface area contributed by atoms with Crippen LogP contribution in [0.5, 0.6) is 0 Å². The summed E-state index contributed by atoms with van der Waals surface area (Å²) in [6.45, 7) is 1.05. The van der Waals surface area contributed by atoms with Crippen molar-refractivity contribution in [2.75, 3.05) is 20.3 Å². The Bertz CT molecular complexity index is 237. The minimum absolute atomic E-state index is 0.00231. The zero-order valence-corrected chi connectivity index (χ0v) is 8.01. The predicted molar refractivity (Wildman–Crippen MR) is 45.9 cm³/mol. The molecule has 0 N–H and O–H groups in total. The molecule has 1 aliphatic rings. The van der Waals surface area contributed by atoms with Crippen LogP contribution in [0.25, 0.3) is 0 Å². The van der Waals surface area contributed by atoms with Crippen LogP contribution in [0, 0.1) is 6.26 Å². The molecule has 5 heteroatoms. The summed E-state index contributed by atoms with van der Waals surface area (Å²) in [6.07, 6.45) is 4.91. The SMILES string of the molecule is [CH2]S(=O)(=O)N1CCC[C@H]1COC. The molecule has 1 radical (unpaired) electrons. The Balaban J connectivity index is 2.64. The van der Waals surface area contributed by atoms with Crippen molar-refractivity contribution in [3.05, 3.63) is 6.26 Å². The summed E-state index contributed by atoms with van der Waals surface area (Å²) in [5.41, 5.74) is 0. The van der Waals surface area contributed by atoms with Crippen LogP contribution < -0.4 is 0 Å². The summed E-state index contributed by atoms with van der Waals surface area (Å²) in [6, 6.07) is -0.00231. The van der Waals surface area contributed by atoms with Crippen molar-refractivity contribution >= 4 is 10.0 Å². The van der Waals surface area contributed by atoms with Crippen LogP contribution in [-0.4, -0.2) is 39.0 Å². The summed E-state index contributed by atoms with van der Waals surface area (Å²) in [7, 11) is -1.69. The van der Waals surface area contributed by atoms with E-state index in [1.807, 2.05) is 0 Å². The third kappa shape index (κ3) is 2.18. The van der Waals surface area contributed by atoms with Crippen LogP contribution in [0.1, 0.15) is 12.8 Å². The first-order valence-corrected chi connectivity index (χ1v) is 5.50. The molecule has 1 fully saturated rings. The van der Waals surface area contributed by atoms with Crippen LogP contribution in [0.3, 0.4) is 0 Å². The van der Waals surface area contributed by atoms with Gasteiger partial charge in [0.15, 0.2) is 0 Å². The van der Waals surface area contributed by atoms with Crippen molar-refractivity contribution in [1.29, 1.82) is 0 Å². The highest BCUT2D eigenvalue weighted by Gasteiger charge is 2.30. The topological polar surface area (TPSA) is 46.6 Å².